The Labute approximate surface area is 183 Å². The maximum Gasteiger partial charge on any atom is 0.341 e. The highest BCUT2D eigenvalue weighted by atomic mass is 19.1. The summed E-state index contributed by atoms with van der Waals surface area (Å²) in [5.74, 6) is -1.93. The molecule has 0 spiro atoms. The van der Waals surface area contributed by atoms with E-state index in [1.54, 1.807) is 27.7 Å². The molecule has 7 nitrogen and oxygen atoms in total. The summed E-state index contributed by atoms with van der Waals surface area (Å²) in [6.45, 7) is 1.83. The number of aromatic carboxylic acids is 1. The molecule has 1 saturated carbocycles. The Kier molecular flexibility index (Phi) is 4.92. The summed E-state index contributed by atoms with van der Waals surface area (Å²) in [7, 11) is 0. The van der Waals surface area contributed by atoms with Crippen molar-refractivity contribution in [3.8, 4) is 0 Å². The van der Waals surface area contributed by atoms with Gasteiger partial charge in [-0.05, 0) is 37.1 Å². The monoisotopic (exact) mass is 435 g/mol. The van der Waals surface area contributed by atoms with E-state index in [0.717, 1.165) is 18.9 Å². The third kappa shape index (κ3) is 3.51. The smallest absolute Gasteiger partial charge is 0.341 e. The second-order valence-electron chi connectivity index (χ2n) is 8.28. The molecule has 1 amide bonds. The van der Waals surface area contributed by atoms with Gasteiger partial charge in [0.05, 0.1) is 11.2 Å². The van der Waals surface area contributed by atoms with Crippen molar-refractivity contribution in [3.05, 3.63) is 75.8 Å². The summed E-state index contributed by atoms with van der Waals surface area (Å²) in [6.07, 6.45) is 3.16. The number of anilines is 1. The minimum atomic E-state index is -1.31. The molecular weight excluding hydrogens is 413 g/mol. The van der Waals surface area contributed by atoms with E-state index in [9.17, 15) is 19.5 Å². The number of benzene rings is 2. The van der Waals surface area contributed by atoms with Gasteiger partial charge >= 0.3 is 5.97 Å². The molecular formula is C24H22FN3O4. The highest BCUT2D eigenvalue weighted by Crippen LogP contribution is 2.38. The van der Waals surface area contributed by atoms with E-state index in [4.69, 9.17) is 0 Å². The van der Waals surface area contributed by atoms with Crippen molar-refractivity contribution in [2.24, 2.45) is 0 Å². The number of aromatic nitrogens is 1. The van der Waals surface area contributed by atoms with Gasteiger partial charge in [-0.2, -0.15) is 0 Å². The second kappa shape index (κ2) is 7.78. The molecule has 2 fully saturated rings. The fraction of sp³-hybridized carbons (Fsp3) is 0.292. The summed E-state index contributed by atoms with van der Waals surface area (Å²) < 4.78 is 16.9. The number of nitrogens with zero attached hydrogens (tertiary/aromatic N) is 3. The Morgan fingerprint density at radius 2 is 1.69 bits per heavy atom. The van der Waals surface area contributed by atoms with Crippen molar-refractivity contribution in [2.75, 3.05) is 31.1 Å². The van der Waals surface area contributed by atoms with Crippen LogP contribution in [0.5, 0.6) is 0 Å². The van der Waals surface area contributed by atoms with Crippen LogP contribution in [0, 0.1) is 5.82 Å². The average Bonchev–Trinajstić information content (AvgIpc) is 3.65. The number of carbonyl (C=O) groups is 2. The van der Waals surface area contributed by atoms with Crippen LogP contribution in [-0.2, 0) is 0 Å². The predicted molar refractivity (Wildman–Crippen MR) is 118 cm³/mol. The molecule has 1 aliphatic heterocycles. The van der Waals surface area contributed by atoms with Crippen LogP contribution in [0.25, 0.3) is 10.9 Å². The summed E-state index contributed by atoms with van der Waals surface area (Å²) >= 11 is 0. The Hall–Kier alpha value is -3.68. The first-order valence-corrected chi connectivity index (χ1v) is 10.6. The van der Waals surface area contributed by atoms with Crippen molar-refractivity contribution in [1.82, 2.24) is 9.47 Å². The number of hydrogen-bond acceptors (Lipinski definition) is 4. The number of pyridine rings is 1. The van der Waals surface area contributed by atoms with E-state index < -0.39 is 17.2 Å². The number of fused-ring (bicyclic) bond motifs is 1. The molecule has 1 aliphatic carbocycles. The van der Waals surface area contributed by atoms with E-state index in [2.05, 4.69) is 0 Å². The van der Waals surface area contributed by atoms with Crippen LogP contribution >= 0.6 is 0 Å². The van der Waals surface area contributed by atoms with Gasteiger partial charge in [0.15, 0.2) is 0 Å². The third-order valence-corrected chi connectivity index (χ3v) is 6.20. The molecule has 2 aliphatic rings. The fourth-order valence-corrected chi connectivity index (χ4v) is 4.32. The number of carboxylic acids is 1. The lowest BCUT2D eigenvalue weighted by atomic mass is 10.1. The number of halogens is 1. The van der Waals surface area contributed by atoms with E-state index in [-0.39, 0.29) is 22.9 Å². The fourth-order valence-electron chi connectivity index (χ4n) is 4.32. The Morgan fingerprint density at radius 1 is 1.00 bits per heavy atom. The van der Waals surface area contributed by atoms with Crippen LogP contribution in [0.3, 0.4) is 0 Å². The van der Waals surface area contributed by atoms with E-state index in [1.807, 2.05) is 23.1 Å². The van der Waals surface area contributed by atoms with Crippen LogP contribution in [0.1, 0.15) is 39.6 Å². The lowest BCUT2D eigenvalue weighted by Gasteiger charge is -2.36. The lowest BCUT2D eigenvalue weighted by molar-refractivity contribution is 0.0693. The zero-order chi connectivity index (χ0) is 22.4. The average molecular weight is 435 g/mol. The minimum absolute atomic E-state index is 0.0481. The normalized spacial score (nSPS) is 16.4. The number of piperazine rings is 1. The van der Waals surface area contributed by atoms with Crippen LogP contribution < -0.4 is 10.3 Å². The quantitative estimate of drug-likeness (QED) is 0.681. The molecule has 0 radical (unpaired) electrons. The number of amides is 1. The van der Waals surface area contributed by atoms with Gasteiger partial charge in [0.1, 0.15) is 11.4 Å². The molecule has 2 heterocycles. The van der Waals surface area contributed by atoms with Crippen LogP contribution in [0.2, 0.25) is 0 Å². The molecule has 0 unspecified atom stereocenters. The molecule has 3 aromatic rings. The van der Waals surface area contributed by atoms with Gasteiger partial charge < -0.3 is 19.5 Å². The number of rotatable bonds is 4. The molecule has 5 rings (SSSR count). The predicted octanol–water partition coefficient (Wildman–Crippen LogP) is 3.14. The molecule has 1 saturated heterocycles. The molecule has 164 valence electrons. The maximum absolute atomic E-state index is 15.1. The van der Waals surface area contributed by atoms with Gasteiger partial charge in [-0.1, -0.05) is 18.2 Å². The van der Waals surface area contributed by atoms with Gasteiger partial charge in [0.25, 0.3) is 5.91 Å². The van der Waals surface area contributed by atoms with Gasteiger partial charge in [-0.3, -0.25) is 9.59 Å². The van der Waals surface area contributed by atoms with Crippen LogP contribution in [0.4, 0.5) is 10.1 Å². The summed E-state index contributed by atoms with van der Waals surface area (Å²) in [4.78, 5) is 40.4. The molecule has 2 aromatic carbocycles. The van der Waals surface area contributed by atoms with Crippen molar-refractivity contribution < 1.29 is 19.1 Å². The first kappa shape index (κ1) is 20.2. The Balaban J connectivity index is 1.45. The zero-order valence-corrected chi connectivity index (χ0v) is 17.3. The summed E-state index contributed by atoms with van der Waals surface area (Å²) in [5.41, 5.74) is 0.515. The number of carboxylic acid groups (broad SMARTS) is 1. The SMILES string of the molecule is O=C(O)c1cn(C2CC2)c2cc(N3CCN(C(=O)c4ccccc4)CC3)c(F)cc2c1=O. The molecule has 32 heavy (non-hydrogen) atoms. The second-order valence-corrected chi connectivity index (χ2v) is 8.28. The van der Waals surface area contributed by atoms with Crippen molar-refractivity contribution in [2.45, 2.75) is 18.9 Å². The van der Waals surface area contributed by atoms with Gasteiger partial charge in [0.2, 0.25) is 5.43 Å². The van der Waals surface area contributed by atoms with E-state index in [0.29, 0.717) is 42.9 Å². The van der Waals surface area contributed by atoms with Crippen LogP contribution in [-0.4, -0.2) is 52.6 Å². The van der Waals surface area contributed by atoms with Crippen molar-refractivity contribution >= 4 is 28.5 Å². The van der Waals surface area contributed by atoms with E-state index in [1.165, 1.54) is 6.20 Å². The molecule has 8 heteroatoms. The van der Waals surface area contributed by atoms with E-state index >= 15 is 4.39 Å². The van der Waals surface area contributed by atoms with Gasteiger partial charge in [0, 0.05) is 49.4 Å². The maximum atomic E-state index is 15.1. The highest BCUT2D eigenvalue weighted by Gasteiger charge is 2.29. The molecule has 0 bridgehead atoms. The lowest BCUT2D eigenvalue weighted by Crippen LogP contribution is -2.49. The van der Waals surface area contributed by atoms with Crippen molar-refractivity contribution in [1.29, 1.82) is 0 Å². The topological polar surface area (TPSA) is 82.8 Å². The first-order valence-electron chi connectivity index (χ1n) is 10.6. The molecule has 1 N–H and O–H groups in total. The number of carbonyl (C=O) groups excluding carboxylic acids is 1. The third-order valence-electron chi connectivity index (χ3n) is 6.20. The zero-order valence-electron chi connectivity index (χ0n) is 17.3. The summed E-state index contributed by atoms with van der Waals surface area (Å²) in [6, 6.07) is 12.0. The number of hydrogen-bond donors (Lipinski definition) is 1. The first-order chi connectivity index (χ1) is 15.4. The largest absolute Gasteiger partial charge is 0.477 e. The summed E-state index contributed by atoms with van der Waals surface area (Å²) in [5, 5.41) is 9.46. The Bertz CT molecular complexity index is 1280. The van der Waals surface area contributed by atoms with Crippen molar-refractivity contribution in [3.63, 3.8) is 0 Å². The minimum Gasteiger partial charge on any atom is -0.477 e. The van der Waals surface area contributed by atoms with Crippen LogP contribution in [0.15, 0.2) is 53.5 Å². The molecule has 1 aromatic heterocycles. The highest BCUT2D eigenvalue weighted by molar-refractivity contribution is 5.95. The Morgan fingerprint density at radius 3 is 2.31 bits per heavy atom. The van der Waals surface area contributed by atoms with Gasteiger partial charge in [-0.15, -0.1) is 0 Å². The molecule has 0 atom stereocenters. The van der Waals surface area contributed by atoms with Gasteiger partial charge in [-0.25, -0.2) is 9.18 Å². The standard InChI is InChI=1S/C24H22FN3O4/c25-19-12-17-20(28(16-6-7-16)14-18(22(17)29)24(31)32)13-21(19)26-8-10-27(11-9-26)23(30)15-4-2-1-3-5-15/h1-5,12-14,16H,6-11H2,(H,31,32).